The second-order valence-electron chi connectivity index (χ2n) is 3.53. The molecule has 0 unspecified atom stereocenters. The van der Waals surface area contributed by atoms with Crippen molar-refractivity contribution in [3.63, 3.8) is 0 Å². The summed E-state index contributed by atoms with van der Waals surface area (Å²) in [5.41, 5.74) is 10.2. The Morgan fingerprint density at radius 1 is 1.50 bits per heavy atom. The molecule has 12 heavy (non-hydrogen) atoms. The van der Waals surface area contributed by atoms with E-state index in [1.54, 1.807) is 0 Å². The largest absolute Gasteiger partial charge is 0.324 e. The zero-order chi connectivity index (χ0) is 8.55. The number of aryl methyl sites for hydroxylation is 2. The fourth-order valence-corrected chi connectivity index (χ4v) is 1.90. The summed E-state index contributed by atoms with van der Waals surface area (Å²) in [6.07, 6.45) is 3.41. The number of rotatable bonds is 1. The number of hydrogen-bond donors (Lipinski definition) is 1. The monoisotopic (exact) mass is 161 g/mol. The summed E-state index contributed by atoms with van der Waals surface area (Å²) in [7, 11) is 0. The lowest BCUT2D eigenvalue weighted by atomic mass is 10.0. The van der Waals surface area contributed by atoms with Crippen LogP contribution in [0, 0.1) is 0 Å². The highest BCUT2D eigenvalue weighted by molar-refractivity contribution is 5.37. The van der Waals surface area contributed by atoms with Crippen LogP contribution in [-0.4, -0.2) is 0 Å². The van der Waals surface area contributed by atoms with Gasteiger partial charge in [-0.3, -0.25) is 0 Å². The highest BCUT2D eigenvalue weighted by Gasteiger charge is 2.18. The van der Waals surface area contributed by atoms with Crippen LogP contribution in [0.5, 0.6) is 0 Å². The highest BCUT2D eigenvalue weighted by Crippen LogP contribution is 2.29. The van der Waals surface area contributed by atoms with Crippen LogP contribution in [-0.2, 0) is 12.8 Å². The minimum absolute atomic E-state index is 0.298. The first kappa shape index (κ1) is 7.81. The fraction of sp³-hybridized carbons (Fsp3) is 0.455. The third kappa shape index (κ3) is 1.14. The maximum absolute atomic E-state index is 5.97. The van der Waals surface area contributed by atoms with Gasteiger partial charge in [0.05, 0.1) is 0 Å². The van der Waals surface area contributed by atoms with Crippen LogP contribution >= 0.6 is 0 Å². The van der Waals surface area contributed by atoms with E-state index in [4.69, 9.17) is 5.73 Å². The summed E-state index contributed by atoms with van der Waals surface area (Å²) >= 11 is 0. The lowest BCUT2D eigenvalue weighted by molar-refractivity contribution is 0.713. The summed E-state index contributed by atoms with van der Waals surface area (Å²) in [5, 5.41) is 0. The van der Waals surface area contributed by atoms with Gasteiger partial charge in [-0.25, -0.2) is 0 Å². The van der Waals surface area contributed by atoms with Crippen molar-refractivity contribution in [1.29, 1.82) is 0 Å². The van der Waals surface area contributed by atoms with Crippen molar-refractivity contribution in [2.45, 2.75) is 32.2 Å². The van der Waals surface area contributed by atoms with E-state index in [0.29, 0.717) is 6.04 Å². The quantitative estimate of drug-likeness (QED) is 0.671. The Hall–Kier alpha value is -0.820. The lowest BCUT2D eigenvalue weighted by Crippen LogP contribution is -2.05. The summed E-state index contributed by atoms with van der Waals surface area (Å²) in [5.74, 6) is 0. The topological polar surface area (TPSA) is 26.0 Å². The smallest absolute Gasteiger partial charge is 0.0300 e. The first-order valence-electron chi connectivity index (χ1n) is 4.68. The second-order valence-corrected chi connectivity index (χ2v) is 3.53. The van der Waals surface area contributed by atoms with Gasteiger partial charge in [0.1, 0.15) is 0 Å². The van der Waals surface area contributed by atoms with E-state index >= 15 is 0 Å². The standard InChI is InChI=1S/C11H15N/c1-2-8-3-4-9-5-6-11(12)10(9)7-8/h3-4,7,11H,2,5-6,12H2,1H3/t11-/m1/s1. The molecule has 1 atom stereocenters. The number of hydrogen-bond acceptors (Lipinski definition) is 1. The van der Waals surface area contributed by atoms with Crippen molar-refractivity contribution in [2.24, 2.45) is 5.73 Å². The van der Waals surface area contributed by atoms with Crippen LogP contribution in [0.3, 0.4) is 0 Å². The Balaban J connectivity index is 2.43. The molecule has 0 saturated heterocycles. The van der Waals surface area contributed by atoms with Crippen molar-refractivity contribution in [3.8, 4) is 0 Å². The Labute approximate surface area is 73.6 Å². The van der Waals surface area contributed by atoms with E-state index in [-0.39, 0.29) is 0 Å². The second kappa shape index (κ2) is 2.91. The zero-order valence-electron chi connectivity index (χ0n) is 7.51. The van der Waals surface area contributed by atoms with Gasteiger partial charge in [-0.2, -0.15) is 0 Å². The van der Waals surface area contributed by atoms with Gasteiger partial charge in [0.15, 0.2) is 0 Å². The minimum atomic E-state index is 0.298. The van der Waals surface area contributed by atoms with E-state index in [2.05, 4.69) is 25.1 Å². The Kier molecular flexibility index (Phi) is 1.89. The van der Waals surface area contributed by atoms with Gasteiger partial charge < -0.3 is 5.73 Å². The van der Waals surface area contributed by atoms with Crippen LogP contribution in [0.1, 0.15) is 36.1 Å². The summed E-state index contributed by atoms with van der Waals surface area (Å²) in [6.45, 7) is 2.18. The minimum Gasteiger partial charge on any atom is -0.324 e. The maximum atomic E-state index is 5.97. The summed E-state index contributed by atoms with van der Waals surface area (Å²) < 4.78 is 0. The zero-order valence-corrected chi connectivity index (χ0v) is 7.51. The predicted molar refractivity (Wildman–Crippen MR) is 51.1 cm³/mol. The van der Waals surface area contributed by atoms with Crippen molar-refractivity contribution < 1.29 is 0 Å². The van der Waals surface area contributed by atoms with Crippen molar-refractivity contribution >= 4 is 0 Å². The highest BCUT2D eigenvalue weighted by atomic mass is 14.6. The Morgan fingerprint density at radius 3 is 3.08 bits per heavy atom. The number of benzene rings is 1. The molecule has 1 nitrogen and oxygen atoms in total. The molecule has 0 fully saturated rings. The number of fused-ring (bicyclic) bond motifs is 1. The molecule has 0 aromatic heterocycles. The molecule has 1 heteroatoms. The van der Waals surface area contributed by atoms with E-state index in [1.807, 2.05) is 0 Å². The average molecular weight is 161 g/mol. The molecule has 0 bridgehead atoms. The van der Waals surface area contributed by atoms with Crippen LogP contribution in [0.25, 0.3) is 0 Å². The van der Waals surface area contributed by atoms with Gasteiger partial charge in [0.25, 0.3) is 0 Å². The Bertz CT molecular complexity index is 291. The van der Waals surface area contributed by atoms with Gasteiger partial charge >= 0.3 is 0 Å². The molecular formula is C11H15N. The molecule has 1 aromatic carbocycles. The summed E-state index contributed by atoms with van der Waals surface area (Å²) in [6, 6.07) is 7.02. The molecule has 0 spiro atoms. The molecular weight excluding hydrogens is 146 g/mol. The molecule has 1 aliphatic rings. The molecule has 0 saturated carbocycles. The van der Waals surface area contributed by atoms with E-state index in [9.17, 15) is 0 Å². The van der Waals surface area contributed by atoms with Crippen molar-refractivity contribution in [1.82, 2.24) is 0 Å². The van der Waals surface area contributed by atoms with E-state index < -0.39 is 0 Å². The van der Waals surface area contributed by atoms with E-state index in [1.165, 1.54) is 23.1 Å². The fourth-order valence-electron chi connectivity index (χ4n) is 1.90. The molecule has 0 heterocycles. The molecule has 1 aromatic rings. The lowest BCUT2D eigenvalue weighted by Gasteiger charge is -2.06. The van der Waals surface area contributed by atoms with Crippen molar-refractivity contribution in [3.05, 3.63) is 34.9 Å². The van der Waals surface area contributed by atoms with Crippen LogP contribution < -0.4 is 5.73 Å². The van der Waals surface area contributed by atoms with Crippen LogP contribution in [0.15, 0.2) is 18.2 Å². The molecule has 2 rings (SSSR count). The van der Waals surface area contributed by atoms with Crippen LogP contribution in [0.2, 0.25) is 0 Å². The average Bonchev–Trinajstić information content (AvgIpc) is 2.47. The molecule has 0 aliphatic heterocycles. The van der Waals surface area contributed by atoms with Gasteiger partial charge in [0, 0.05) is 6.04 Å². The first-order chi connectivity index (χ1) is 5.81. The first-order valence-corrected chi connectivity index (χ1v) is 4.68. The molecule has 0 amide bonds. The Morgan fingerprint density at radius 2 is 2.33 bits per heavy atom. The maximum Gasteiger partial charge on any atom is 0.0300 e. The summed E-state index contributed by atoms with van der Waals surface area (Å²) in [4.78, 5) is 0. The third-order valence-corrected chi connectivity index (χ3v) is 2.74. The molecule has 1 aliphatic carbocycles. The third-order valence-electron chi connectivity index (χ3n) is 2.74. The van der Waals surface area contributed by atoms with Gasteiger partial charge in [-0.1, -0.05) is 25.1 Å². The molecule has 64 valence electrons. The van der Waals surface area contributed by atoms with Gasteiger partial charge in [-0.15, -0.1) is 0 Å². The molecule has 2 N–H and O–H groups in total. The predicted octanol–water partition coefficient (Wildman–Crippen LogP) is 2.20. The van der Waals surface area contributed by atoms with Crippen molar-refractivity contribution in [2.75, 3.05) is 0 Å². The van der Waals surface area contributed by atoms with E-state index in [0.717, 1.165) is 12.8 Å². The normalized spacial score (nSPS) is 21.0. The van der Waals surface area contributed by atoms with Crippen LogP contribution in [0.4, 0.5) is 0 Å². The molecule has 0 radical (unpaired) electrons. The van der Waals surface area contributed by atoms with Gasteiger partial charge in [0.2, 0.25) is 0 Å². The SMILES string of the molecule is CCc1ccc2c(c1)[C@H](N)CC2. The number of nitrogens with two attached hydrogens (primary N) is 1. The van der Waals surface area contributed by atoms with Gasteiger partial charge in [-0.05, 0) is 36.0 Å².